The highest BCUT2D eigenvalue weighted by Crippen LogP contribution is 2.44. The quantitative estimate of drug-likeness (QED) is 0.468. The van der Waals surface area contributed by atoms with Crippen molar-refractivity contribution in [3.8, 4) is 0 Å². The fraction of sp³-hybridized carbons (Fsp3) is 0.312. The van der Waals surface area contributed by atoms with Crippen molar-refractivity contribution in [2.24, 2.45) is 5.92 Å². The molecule has 0 bridgehead atoms. The van der Waals surface area contributed by atoms with Crippen LogP contribution in [-0.2, 0) is 6.42 Å². The molecule has 2 atom stereocenters. The van der Waals surface area contributed by atoms with E-state index in [0.717, 1.165) is 12.3 Å². The highest BCUT2D eigenvalue weighted by Gasteiger charge is 2.28. The lowest BCUT2D eigenvalue weighted by molar-refractivity contribution is 0.443. The van der Waals surface area contributed by atoms with Gasteiger partial charge >= 0.3 is 0 Å². The number of hydrogen-bond donors (Lipinski definition) is 0. The Hall–Kier alpha value is -2.86. The first-order valence-corrected chi connectivity index (χ1v) is 12.5. The maximum absolute atomic E-state index is 2.40. The Morgan fingerprint density at radius 2 is 1.66 bits per heavy atom. The number of hydrogen-bond acceptors (Lipinski definition) is 0. The van der Waals surface area contributed by atoms with Gasteiger partial charge in [-0.3, -0.25) is 0 Å². The molecular weight excluding hydrogens is 384 g/mol. The van der Waals surface area contributed by atoms with E-state index in [1.807, 2.05) is 0 Å². The second kappa shape index (κ2) is 8.24. The van der Waals surface area contributed by atoms with Gasteiger partial charge in [0.2, 0.25) is 0 Å². The summed E-state index contributed by atoms with van der Waals surface area (Å²) in [7, 11) is 0. The molecule has 0 spiro atoms. The summed E-state index contributed by atoms with van der Waals surface area (Å²) in [6.45, 7) is 2.29. The van der Waals surface area contributed by atoms with Crippen LogP contribution < -0.4 is 0 Å². The Bertz CT molecular complexity index is 1170. The highest BCUT2D eigenvalue weighted by molar-refractivity contribution is 5.85. The molecule has 2 aromatic rings. The predicted octanol–water partition coefficient (Wildman–Crippen LogP) is 8.54. The minimum Gasteiger partial charge on any atom is -0.0766 e. The van der Waals surface area contributed by atoms with Crippen LogP contribution in [0.15, 0.2) is 90.1 Å². The Morgan fingerprint density at radius 1 is 0.812 bits per heavy atom. The molecule has 160 valence electrons. The van der Waals surface area contributed by atoms with E-state index >= 15 is 0 Å². The van der Waals surface area contributed by atoms with Gasteiger partial charge in [0.1, 0.15) is 0 Å². The molecular formula is C32H32. The molecule has 2 unspecified atom stereocenters. The molecule has 0 aromatic heterocycles. The molecule has 0 aliphatic heterocycles. The van der Waals surface area contributed by atoms with Crippen molar-refractivity contribution in [3.63, 3.8) is 0 Å². The monoisotopic (exact) mass is 416 g/mol. The van der Waals surface area contributed by atoms with Crippen molar-refractivity contribution in [2.45, 2.75) is 57.3 Å². The van der Waals surface area contributed by atoms with E-state index in [2.05, 4.69) is 91.9 Å². The number of benzene rings is 2. The summed E-state index contributed by atoms with van der Waals surface area (Å²) in [5, 5.41) is 0. The molecule has 0 radical (unpaired) electrons. The van der Waals surface area contributed by atoms with Gasteiger partial charge in [-0.15, -0.1) is 0 Å². The van der Waals surface area contributed by atoms with Crippen LogP contribution in [-0.4, -0.2) is 0 Å². The fourth-order valence-electron chi connectivity index (χ4n) is 6.19. The normalized spacial score (nSPS) is 24.1. The summed E-state index contributed by atoms with van der Waals surface area (Å²) in [5.74, 6) is 1.69. The van der Waals surface area contributed by atoms with Gasteiger partial charge in [-0.1, -0.05) is 111 Å². The van der Waals surface area contributed by atoms with Gasteiger partial charge in [0.25, 0.3) is 0 Å². The van der Waals surface area contributed by atoms with E-state index in [0.29, 0.717) is 11.8 Å². The van der Waals surface area contributed by atoms with Crippen molar-refractivity contribution in [3.05, 3.63) is 118 Å². The molecule has 0 heterocycles. The topological polar surface area (TPSA) is 0 Å². The molecule has 4 aliphatic rings. The van der Waals surface area contributed by atoms with Crippen molar-refractivity contribution in [1.29, 1.82) is 0 Å². The number of allylic oxidation sites excluding steroid dienone is 9. The Morgan fingerprint density at radius 3 is 2.50 bits per heavy atom. The van der Waals surface area contributed by atoms with Crippen molar-refractivity contribution in [2.75, 3.05) is 0 Å². The molecule has 1 fully saturated rings. The Labute approximate surface area is 192 Å². The first-order chi connectivity index (χ1) is 15.8. The van der Waals surface area contributed by atoms with Crippen LogP contribution in [0, 0.1) is 5.92 Å². The lowest BCUT2D eigenvalue weighted by Crippen LogP contribution is -2.11. The first-order valence-electron chi connectivity index (χ1n) is 12.5. The maximum atomic E-state index is 2.40. The van der Waals surface area contributed by atoms with Gasteiger partial charge in [0.05, 0.1) is 0 Å². The molecule has 0 amide bonds. The molecule has 0 nitrogen and oxygen atoms in total. The lowest BCUT2D eigenvalue weighted by atomic mass is 9.78. The molecule has 1 saturated carbocycles. The zero-order chi connectivity index (χ0) is 21.5. The van der Waals surface area contributed by atoms with Crippen LogP contribution in [0.4, 0.5) is 0 Å². The smallest absolute Gasteiger partial charge is 0.0281 e. The van der Waals surface area contributed by atoms with Gasteiger partial charge in [-0.2, -0.15) is 0 Å². The molecule has 32 heavy (non-hydrogen) atoms. The van der Waals surface area contributed by atoms with Crippen LogP contribution in [0.3, 0.4) is 0 Å². The summed E-state index contributed by atoms with van der Waals surface area (Å²) < 4.78 is 0. The third kappa shape index (κ3) is 3.47. The van der Waals surface area contributed by atoms with Crippen LogP contribution in [0.5, 0.6) is 0 Å². The SMILES string of the molecule is CC1C=Cc2c(C3=CC=C(Cc4ccc(C5CCCCC5)cc4)C4=CC=CC43)cccc21. The molecule has 2 aromatic carbocycles. The van der Waals surface area contributed by atoms with E-state index in [4.69, 9.17) is 0 Å². The van der Waals surface area contributed by atoms with E-state index < -0.39 is 0 Å². The van der Waals surface area contributed by atoms with Gasteiger partial charge in [-0.05, 0) is 75.6 Å². The lowest BCUT2D eigenvalue weighted by Gasteiger charge is -2.26. The predicted molar refractivity (Wildman–Crippen MR) is 137 cm³/mol. The van der Waals surface area contributed by atoms with Gasteiger partial charge in [-0.25, -0.2) is 0 Å². The van der Waals surface area contributed by atoms with Crippen LogP contribution >= 0.6 is 0 Å². The molecule has 0 heteroatoms. The first kappa shape index (κ1) is 19.8. The van der Waals surface area contributed by atoms with Gasteiger partial charge in [0, 0.05) is 5.92 Å². The molecule has 0 N–H and O–H groups in total. The van der Waals surface area contributed by atoms with Crippen molar-refractivity contribution in [1.82, 2.24) is 0 Å². The summed E-state index contributed by atoms with van der Waals surface area (Å²) in [6, 6.07) is 16.4. The number of rotatable bonds is 4. The van der Waals surface area contributed by atoms with Crippen molar-refractivity contribution < 1.29 is 0 Å². The van der Waals surface area contributed by atoms with Crippen LogP contribution in [0.1, 0.15) is 78.7 Å². The standard InChI is InChI=1S/C32H32/c1-22-13-19-31-27(22)9-5-12-30(31)32-20-18-26(28-10-6-11-29(28)32)21-23-14-16-25(17-15-23)24-7-3-2-4-8-24/h5-6,9-20,22,24,29H,2-4,7-8,21H2,1H3. The van der Waals surface area contributed by atoms with E-state index in [-0.39, 0.29) is 0 Å². The zero-order valence-electron chi connectivity index (χ0n) is 19.1. The third-order valence-electron chi connectivity index (χ3n) is 8.03. The second-order valence-electron chi connectivity index (χ2n) is 10.0. The number of fused-ring (bicyclic) bond motifs is 2. The Balaban J connectivity index is 1.27. The molecule has 0 saturated heterocycles. The van der Waals surface area contributed by atoms with Crippen molar-refractivity contribution >= 4 is 11.6 Å². The van der Waals surface area contributed by atoms with Crippen LogP contribution in [0.2, 0.25) is 0 Å². The summed E-state index contributed by atoms with van der Waals surface area (Å²) in [6.07, 6.45) is 24.4. The molecule has 6 rings (SSSR count). The van der Waals surface area contributed by atoms with E-state index in [9.17, 15) is 0 Å². The maximum Gasteiger partial charge on any atom is 0.0281 e. The minimum atomic E-state index is 0.382. The van der Waals surface area contributed by atoms with Crippen LogP contribution in [0.25, 0.3) is 11.6 Å². The average Bonchev–Trinajstić information content (AvgIpc) is 3.48. The zero-order valence-corrected chi connectivity index (χ0v) is 19.1. The van der Waals surface area contributed by atoms with E-state index in [1.165, 1.54) is 71.1 Å². The summed E-state index contributed by atoms with van der Waals surface area (Å²) in [5.41, 5.74) is 11.6. The van der Waals surface area contributed by atoms with Gasteiger partial charge in [0.15, 0.2) is 0 Å². The Kier molecular flexibility index (Phi) is 5.10. The largest absolute Gasteiger partial charge is 0.0766 e. The van der Waals surface area contributed by atoms with E-state index in [1.54, 1.807) is 5.56 Å². The second-order valence-corrected chi connectivity index (χ2v) is 10.0. The summed E-state index contributed by atoms with van der Waals surface area (Å²) >= 11 is 0. The van der Waals surface area contributed by atoms with Gasteiger partial charge < -0.3 is 0 Å². The fourth-order valence-corrected chi connectivity index (χ4v) is 6.19. The molecule has 4 aliphatic carbocycles. The summed E-state index contributed by atoms with van der Waals surface area (Å²) in [4.78, 5) is 0. The third-order valence-corrected chi connectivity index (χ3v) is 8.03. The average molecular weight is 417 g/mol. The highest BCUT2D eigenvalue weighted by atomic mass is 14.3. The minimum absolute atomic E-state index is 0.382.